The summed E-state index contributed by atoms with van der Waals surface area (Å²) in [6.07, 6.45) is 0. The smallest absolute Gasteiger partial charge is 0.0600 e. The molecule has 1 N–H and O–H groups in total. The molecule has 1 heterocycles. The van der Waals surface area contributed by atoms with Gasteiger partial charge in [0.15, 0.2) is 0 Å². The van der Waals surface area contributed by atoms with Crippen LogP contribution in [-0.2, 0) is 4.74 Å². The largest absolute Gasteiger partial charge is 0.375 e. The third kappa shape index (κ3) is 4.81. The molecule has 1 unspecified atom stereocenters. The van der Waals surface area contributed by atoms with Gasteiger partial charge in [0.2, 0.25) is 0 Å². The highest BCUT2D eigenvalue weighted by atomic mass is 16.5. The average molecular weight is 228 g/mol. The molecule has 1 atom stereocenters. The molecule has 3 nitrogen and oxygen atoms in total. The fourth-order valence-corrected chi connectivity index (χ4v) is 2.04. The highest BCUT2D eigenvalue weighted by Gasteiger charge is 2.29. The third-order valence-corrected chi connectivity index (χ3v) is 3.01. The Labute approximate surface area is 101 Å². The molecule has 0 aliphatic carbocycles. The molecular weight excluding hydrogens is 200 g/mol. The maximum absolute atomic E-state index is 5.79. The van der Waals surface area contributed by atoms with E-state index in [2.05, 4.69) is 51.8 Å². The molecule has 1 rings (SSSR count). The molecule has 1 fully saturated rings. The Hall–Kier alpha value is -0.120. The van der Waals surface area contributed by atoms with E-state index in [4.69, 9.17) is 4.74 Å². The summed E-state index contributed by atoms with van der Waals surface area (Å²) < 4.78 is 5.79. The summed E-state index contributed by atoms with van der Waals surface area (Å²) in [7, 11) is 0. The van der Waals surface area contributed by atoms with Crippen LogP contribution < -0.4 is 5.32 Å². The average Bonchev–Trinajstić information content (AvgIpc) is 2.09. The first-order chi connectivity index (χ1) is 7.20. The van der Waals surface area contributed by atoms with Crippen LogP contribution in [0.25, 0.3) is 0 Å². The van der Waals surface area contributed by atoms with E-state index >= 15 is 0 Å². The van der Waals surface area contributed by atoms with Crippen molar-refractivity contribution in [2.45, 2.75) is 58.7 Å². The van der Waals surface area contributed by atoms with Gasteiger partial charge < -0.3 is 10.1 Å². The van der Waals surface area contributed by atoms with Gasteiger partial charge in [-0.05, 0) is 41.5 Å². The highest BCUT2D eigenvalue weighted by Crippen LogP contribution is 2.15. The van der Waals surface area contributed by atoms with E-state index in [1.165, 1.54) is 0 Å². The number of nitrogens with one attached hydrogen (secondary N) is 1. The quantitative estimate of drug-likeness (QED) is 0.798. The maximum Gasteiger partial charge on any atom is 0.0600 e. The Kier molecular flexibility index (Phi) is 4.38. The van der Waals surface area contributed by atoms with Crippen molar-refractivity contribution in [3.05, 3.63) is 0 Å². The van der Waals surface area contributed by atoms with Crippen LogP contribution in [0, 0.1) is 0 Å². The first-order valence-corrected chi connectivity index (χ1v) is 6.33. The summed E-state index contributed by atoms with van der Waals surface area (Å²) in [5.74, 6) is 0. The van der Waals surface area contributed by atoms with Gasteiger partial charge in [0.05, 0.1) is 12.2 Å². The monoisotopic (exact) mass is 228 g/mol. The number of ether oxygens (including phenoxy) is 1. The summed E-state index contributed by atoms with van der Waals surface area (Å²) in [5.41, 5.74) is 0.209. The number of rotatable bonds is 3. The predicted octanol–water partition coefficient (Wildman–Crippen LogP) is 1.87. The van der Waals surface area contributed by atoms with Gasteiger partial charge in [0.1, 0.15) is 0 Å². The normalized spacial score (nSPS) is 27.0. The molecule has 16 heavy (non-hydrogen) atoms. The SMILES string of the molecule is CC1CNC(C)(C)CN1CCOC(C)(C)C. The van der Waals surface area contributed by atoms with Crippen LogP contribution in [0.15, 0.2) is 0 Å². The van der Waals surface area contributed by atoms with Crippen LogP contribution in [0.1, 0.15) is 41.5 Å². The van der Waals surface area contributed by atoms with Crippen LogP contribution in [0.3, 0.4) is 0 Å². The van der Waals surface area contributed by atoms with Gasteiger partial charge in [-0.25, -0.2) is 0 Å². The standard InChI is InChI=1S/C13H28N2O/c1-11-9-14-13(5,6)10-15(11)7-8-16-12(2,3)4/h11,14H,7-10H2,1-6H3. The Bertz CT molecular complexity index is 220. The van der Waals surface area contributed by atoms with E-state index in [1.807, 2.05) is 0 Å². The molecule has 0 amide bonds. The van der Waals surface area contributed by atoms with Crippen molar-refractivity contribution in [2.24, 2.45) is 0 Å². The molecule has 1 aliphatic rings. The van der Waals surface area contributed by atoms with Crippen molar-refractivity contribution in [3.63, 3.8) is 0 Å². The third-order valence-electron chi connectivity index (χ3n) is 3.01. The number of piperazine rings is 1. The minimum Gasteiger partial charge on any atom is -0.375 e. The van der Waals surface area contributed by atoms with Crippen LogP contribution in [0.5, 0.6) is 0 Å². The molecule has 0 bridgehead atoms. The minimum atomic E-state index is -0.0210. The second kappa shape index (κ2) is 5.03. The van der Waals surface area contributed by atoms with E-state index in [0.717, 1.165) is 26.2 Å². The Morgan fingerprint density at radius 1 is 1.38 bits per heavy atom. The van der Waals surface area contributed by atoms with Gasteiger partial charge in [-0.2, -0.15) is 0 Å². The van der Waals surface area contributed by atoms with Gasteiger partial charge in [-0.3, -0.25) is 4.90 Å². The molecule has 0 spiro atoms. The molecule has 0 radical (unpaired) electrons. The molecule has 0 aromatic carbocycles. The van der Waals surface area contributed by atoms with Crippen molar-refractivity contribution in [1.82, 2.24) is 10.2 Å². The van der Waals surface area contributed by atoms with E-state index in [-0.39, 0.29) is 11.1 Å². The molecule has 1 saturated heterocycles. The zero-order valence-electron chi connectivity index (χ0n) is 11.8. The Balaban J connectivity index is 2.35. The lowest BCUT2D eigenvalue weighted by Gasteiger charge is -2.43. The Morgan fingerprint density at radius 2 is 2.00 bits per heavy atom. The zero-order valence-corrected chi connectivity index (χ0v) is 11.8. The van der Waals surface area contributed by atoms with Crippen molar-refractivity contribution >= 4 is 0 Å². The summed E-state index contributed by atoms with van der Waals surface area (Å²) >= 11 is 0. The fourth-order valence-electron chi connectivity index (χ4n) is 2.04. The van der Waals surface area contributed by atoms with Gasteiger partial charge >= 0.3 is 0 Å². The maximum atomic E-state index is 5.79. The second-order valence-electron chi connectivity index (χ2n) is 6.55. The van der Waals surface area contributed by atoms with Gasteiger partial charge in [-0.15, -0.1) is 0 Å². The molecule has 1 aliphatic heterocycles. The van der Waals surface area contributed by atoms with Crippen LogP contribution >= 0.6 is 0 Å². The summed E-state index contributed by atoms with van der Waals surface area (Å²) in [4.78, 5) is 2.52. The van der Waals surface area contributed by atoms with E-state index in [1.54, 1.807) is 0 Å². The van der Waals surface area contributed by atoms with Crippen molar-refractivity contribution in [3.8, 4) is 0 Å². The summed E-state index contributed by atoms with van der Waals surface area (Å²) in [6, 6.07) is 0.608. The van der Waals surface area contributed by atoms with Crippen molar-refractivity contribution in [1.29, 1.82) is 0 Å². The first-order valence-electron chi connectivity index (χ1n) is 6.33. The van der Waals surface area contributed by atoms with Gasteiger partial charge in [-0.1, -0.05) is 0 Å². The van der Waals surface area contributed by atoms with Gasteiger partial charge in [0, 0.05) is 31.2 Å². The van der Waals surface area contributed by atoms with Crippen molar-refractivity contribution < 1.29 is 4.74 Å². The topological polar surface area (TPSA) is 24.5 Å². The summed E-state index contributed by atoms with van der Waals surface area (Å²) in [6.45, 7) is 17.2. The van der Waals surface area contributed by atoms with Crippen LogP contribution in [-0.4, -0.2) is 48.3 Å². The first kappa shape index (κ1) is 13.9. The molecule has 0 saturated carbocycles. The molecule has 96 valence electrons. The van der Waals surface area contributed by atoms with Crippen LogP contribution in [0.2, 0.25) is 0 Å². The highest BCUT2D eigenvalue weighted by molar-refractivity contribution is 4.90. The lowest BCUT2D eigenvalue weighted by molar-refractivity contribution is -0.0242. The van der Waals surface area contributed by atoms with Gasteiger partial charge in [0.25, 0.3) is 0 Å². The van der Waals surface area contributed by atoms with E-state index < -0.39 is 0 Å². The fraction of sp³-hybridized carbons (Fsp3) is 1.00. The summed E-state index contributed by atoms with van der Waals surface area (Å²) in [5, 5.41) is 3.56. The lowest BCUT2D eigenvalue weighted by Crippen LogP contribution is -2.61. The Morgan fingerprint density at radius 3 is 2.56 bits per heavy atom. The molecule has 0 aromatic heterocycles. The number of nitrogens with zero attached hydrogens (tertiary/aromatic N) is 1. The van der Waals surface area contributed by atoms with E-state index in [9.17, 15) is 0 Å². The molecule has 0 aromatic rings. The minimum absolute atomic E-state index is 0.0210. The van der Waals surface area contributed by atoms with Crippen LogP contribution in [0.4, 0.5) is 0 Å². The second-order valence-corrected chi connectivity index (χ2v) is 6.55. The lowest BCUT2D eigenvalue weighted by atomic mass is 9.99. The van der Waals surface area contributed by atoms with E-state index in [0.29, 0.717) is 6.04 Å². The predicted molar refractivity (Wildman–Crippen MR) is 68.8 cm³/mol. The number of hydrogen-bond donors (Lipinski definition) is 1. The van der Waals surface area contributed by atoms with Crippen molar-refractivity contribution in [2.75, 3.05) is 26.2 Å². The number of hydrogen-bond acceptors (Lipinski definition) is 3. The zero-order chi connectivity index (χ0) is 12.4. The molecular formula is C13H28N2O. The molecule has 3 heteroatoms.